The van der Waals surface area contributed by atoms with Gasteiger partial charge in [-0.15, -0.1) is 12.3 Å². The van der Waals surface area contributed by atoms with E-state index in [1.165, 1.54) is 12.8 Å². The third-order valence-corrected chi connectivity index (χ3v) is 2.20. The highest BCUT2D eigenvalue weighted by molar-refractivity contribution is 4.88. The van der Waals surface area contributed by atoms with Crippen LogP contribution in [0.2, 0.25) is 0 Å². The average molecular weight is 190 g/mol. The molecule has 0 atom stereocenters. The summed E-state index contributed by atoms with van der Waals surface area (Å²) in [7, 11) is 0. The number of hydrogen-bond acceptors (Lipinski definition) is 3. The van der Waals surface area contributed by atoms with Crippen LogP contribution in [0.5, 0.6) is 0 Å². The lowest BCUT2D eigenvalue weighted by atomic mass is 10.4. The lowest BCUT2D eigenvalue weighted by Gasteiger charge is -1.97. The van der Waals surface area contributed by atoms with Gasteiger partial charge in [-0.05, 0) is 12.8 Å². The zero-order valence-corrected chi connectivity index (χ0v) is 8.11. The zero-order chi connectivity index (χ0) is 9.80. The number of terminal acetylenes is 1. The number of nitrogens with one attached hydrogen (secondary N) is 1. The second-order valence-corrected chi connectivity index (χ2v) is 3.53. The number of aryl methyl sites for hydroxylation is 1. The molecule has 0 bridgehead atoms. The van der Waals surface area contributed by atoms with Crippen LogP contribution >= 0.6 is 0 Å². The molecule has 1 saturated carbocycles. The van der Waals surface area contributed by atoms with Gasteiger partial charge in [-0.3, -0.25) is 4.68 Å². The van der Waals surface area contributed by atoms with Crippen LogP contribution in [0.25, 0.3) is 0 Å². The Morgan fingerprint density at radius 3 is 3.21 bits per heavy atom. The van der Waals surface area contributed by atoms with Crippen LogP contribution in [-0.2, 0) is 13.1 Å². The fourth-order valence-electron chi connectivity index (χ4n) is 1.22. The molecule has 0 aromatic carbocycles. The van der Waals surface area contributed by atoms with E-state index < -0.39 is 0 Å². The molecule has 0 unspecified atom stereocenters. The van der Waals surface area contributed by atoms with E-state index in [0.717, 1.165) is 18.9 Å². The van der Waals surface area contributed by atoms with Gasteiger partial charge in [-0.2, -0.15) is 5.10 Å². The lowest BCUT2D eigenvalue weighted by Crippen LogP contribution is -2.16. The van der Waals surface area contributed by atoms with Gasteiger partial charge < -0.3 is 5.32 Å². The van der Waals surface area contributed by atoms with Crippen molar-refractivity contribution in [1.82, 2.24) is 20.1 Å². The third-order valence-electron chi connectivity index (χ3n) is 2.20. The highest BCUT2D eigenvalue weighted by Crippen LogP contribution is 2.18. The Balaban J connectivity index is 1.79. The highest BCUT2D eigenvalue weighted by atomic mass is 15.3. The maximum atomic E-state index is 5.17. The second-order valence-electron chi connectivity index (χ2n) is 3.53. The Bertz CT molecular complexity index is 332. The molecule has 1 aromatic heterocycles. The molecule has 0 spiro atoms. The predicted molar refractivity (Wildman–Crippen MR) is 53.3 cm³/mol. The molecular formula is C10H14N4. The lowest BCUT2D eigenvalue weighted by molar-refractivity contribution is 0.600. The van der Waals surface area contributed by atoms with Crippen molar-refractivity contribution >= 4 is 0 Å². The SMILES string of the molecule is C#CCCn1cnc(CNC2CC2)n1. The molecule has 1 aliphatic rings. The standard InChI is InChI=1S/C10H14N4/c1-2-3-6-14-8-12-10(13-14)7-11-9-4-5-9/h1,8-9,11H,3-7H2. The molecule has 1 aliphatic carbocycles. The quantitative estimate of drug-likeness (QED) is 0.690. The Kier molecular flexibility index (Phi) is 2.80. The van der Waals surface area contributed by atoms with E-state index in [4.69, 9.17) is 6.42 Å². The van der Waals surface area contributed by atoms with E-state index >= 15 is 0 Å². The summed E-state index contributed by atoms with van der Waals surface area (Å²) in [6.45, 7) is 1.53. The van der Waals surface area contributed by atoms with Gasteiger partial charge in [0.1, 0.15) is 6.33 Å². The topological polar surface area (TPSA) is 42.7 Å². The number of nitrogens with zero attached hydrogens (tertiary/aromatic N) is 3. The van der Waals surface area contributed by atoms with E-state index in [1.807, 2.05) is 0 Å². The minimum Gasteiger partial charge on any atom is -0.307 e. The van der Waals surface area contributed by atoms with Crippen molar-refractivity contribution in [3.05, 3.63) is 12.2 Å². The van der Waals surface area contributed by atoms with Gasteiger partial charge in [0, 0.05) is 12.5 Å². The third kappa shape index (κ3) is 2.57. The first-order valence-electron chi connectivity index (χ1n) is 4.93. The second kappa shape index (κ2) is 4.25. The van der Waals surface area contributed by atoms with E-state index in [9.17, 15) is 0 Å². The number of rotatable bonds is 5. The molecule has 4 heteroatoms. The first-order chi connectivity index (χ1) is 6.88. The normalized spacial score (nSPS) is 15.4. The minimum atomic E-state index is 0.702. The summed E-state index contributed by atoms with van der Waals surface area (Å²) in [4.78, 5) is 4.19. The van der Waals surface area contributed by atoms with Gasteiger partial charge in [0.05, 0.1) is 13.1 Å². The van der Waals surface area contributed by atoms with E-state index in [0.29, 0.717) is 12.5 Å². The van der Waals surface area contributed by atoms with E-state index in [-0.39, 0.29) is 0 Å². The molecule has 0 aliphatic heterocycles. The van der Waals surface area contributed by atoms with Crippen LogP contribution in [-0.4, -0.2) is 20.8 Å². The summed E-state index contributed by atoms with van der Waals surface area (Å²) < 4.78 is 1.80. The van der Waals surface area contributed by atoms with Gasteiger partial charge in [0.15, 0.2) is 5.82 Å². The van der Waals surface area contributed by atoms with Crippen molar-refractivity contribution in [1.29, 1.82) is 0 Å². The summed E-state index contributed by atoms with van der Waals surface area (Å²) in [6.07, 6.45) is 10.2. The van der Waals surface area contributed by atoms with E-state index in [2.05, 4.69) is 21.3 Å². The van der Waals surface area contributed by atoms with Gasteiger partial charge in [-0.25, -0.2) is 4.98 Å². The van der Waals surface area contributed by atoms with Crippen molar-refractivity contribution < 1.29 is 0 Å². The van der Waals surface area contributed by atoms with Crippen LogP contribution in [0.1, 0.15) is 25.1 Å². The Labute approximate surface area is 83.7 Å². The minimum absolute atomic E-state index is 0.702. The summed E-state index contributed by atoms with van der Waals surface area (Å²) in [5, 5.41) is 7.66. The molecule has 14 heavy (non-hydrogen) atoms. The van der Waals surface area contributed by atoms with E-state index in [1.54, 1.807) is 11.0 Å². The Morgan fingerprint density at radius 2 is 2.50 bits per heavy atom. The summed E-state index contributed by atoms with van der Waals surface area (Å²) in [5.74, 6) is 3.44. The summed E-state index contributed by atoms with van der Waals surface area (Å²) >= 11 is 0. The predicted octanol–water partition coefficient (Wildman–Crippen LogP) is 0.553. The van der Waals surface area contributed by atoms with Crippen LogP contribution in [0.4, 0.5) is 0 Å². The molecule has 1 heterocycles. The monoisotopic (exact) mass is 190 g/mol. The molecule has 4 nitrogen and oxygen atoms in total. The van der Waals surface area contributed by atoms with Gasteiger partial charge in [0.25, 0.3) is 0 Å². The molecule has 74 valence electrons. The maximum absolute atomic E-state index is 5.17. The van der Waals surface area contributed by atoms with Crippen molar-refractivity contribution in [3.63, 3.8) is 0 Å². The van der Waals surface area contributed by atoms with Crippen LogP contribution in [0, 0.1) is 12.3 Å². The van der Waals surface area contributed by atoms with Gasteiger partial charge in [-0.1, -0.05) is 0 Å². The molecule has 1 N–H and O–H groups in total. The first-order valence-corrected chi connectivity index (χ1v) is 4.93. The molecule has 0 amide bonds. The van der Waals surface area contributed by atoms with Crippen molar-refractivity contribution in [2.24, 2.45) is 0 Å². The highest BCUT2D eigenvalue weighted by Gasteiger charge is 2.20. The molecule has 1 aromatic rings. The van der Waals surface area contributed by atoms with Crippen molar-refractivity contribution in [2.45, 2.75) is 38.4 Å². The molecule has 0 radical (unpaired) electrons. The summed E-state index contributed by atoms with van der Waals surface area (Å²) in [5.41, 5.74) is 0. The fourth-order valence-corrected chi connectivity index (χ4v) is 1.22. The van der Waals surface area contributed by atoms with Gasteiger partial charge >= 0.3 is 0 Å². The van der Waals surface area contributed by atoms with Crippen molar-refractivity contribution in [3.8, 4) is 12.3 Å². The Hall–Kier alpha value is -1.34. The van der Waals surface area contributed by atoms with Crippen LogP contribution in [0.15, 0.2) is 6.33 Å². The number of hydrogen-bond donors (Lipinski definition) is 1. The Morgan fingerprint density at radius 1 is 1.64 bits per heavy atom. The average Bonchev–Trinajstić information content (AvgIpc) is 2.92. The smallest absolute Gasteiger partial charge is 0.164 e. The van der Waals surface area contributed by atoms with Crippen LogP contribution in [0.3, 0.4) is 0 Å². The molecular weight excluding hydrogens is 176 g/mol. The van der Waals surface area contributed by atoms with Crippen molar-refractivity contribution in [2.75, 3.05) is 0 Å². The maximum Gasteiger partial charge on any atom is 0.164 e. The van der Waals surface area contributed by atoms with Gasteiger partial charge in [0.2, 0.25) is 0 Å². The fraction of sp³-hybridized carbons (Fsp3) is 0.600. The molecule has 0 saturated heterocycles. The summed E-state index contributed by atoms with van der Waals surface area (Å²) in [6, 6.07) is 0.702. The first kappa shape index (κ1) is 9.22. The molecule has 1 fully saturated rings. The molecule has 2 rings (SSSR count). The number of aromatic nitrogens is 3. The zero-order valence-electron chi connectivity index (χ0n) is 8.11. The largest absolute Gasteiger partial charge is 0.307 e. The van der Waals surface area contributed by atoms with Crippen LogP contribution < -0.4 is 5.32 Å².